The maximum atomic E-state index is 9.74. The van der Waals surface area contributed by atoms with E-state index in [1.54, 1.807) is 6.92 Å². The summed E-state index contributed by atoms with van der Waals surface area (Å²) in [6, 6.07) is 2.46. The molecule has 0 rings (SSSR count). The highest BCUT2D eigenvalue weighted by Gasteiger charge is 2.23. The first-order valence-electron chi connectivity index (χ1n) is 7.28. The Hall–Kier alpha value is -0.320. The summed E-state index contributed by atoms with van der Waals surface area (Å²) >= 11 is 0. The molecular weight excluding hydrogens is 307 g/mol. The van der Waals surface area contributed by atoms with Crippen LogP contribution < -0.4 is 0 Å². The molecule has 1 unspecified atom stereocenters. The number of hydrogen-bond donors (Lipinski definition) is 4. The maximum Gasteiger partial charge on any atom is 0.256 e. The third kappa shape index (κ3) is 10.4. The molecule has 0 aliphatic rings. The fourth-order valence-electron chi connectivity index (χ4n) is 1.38. The Labute approximate surface area is 135 Å². The summed E-state index contributed by atoms with van der Waals surface area (Å²) < 4.78 is 7.10. The lowest BCUT2D eigenvalue weighted by atomic mass is 9.95. The number of nitrogens with zero attached hydrogens (tertiary/aromatic N) is 2. The predicted molar refractivity (Wildman–Crippen MR) is 86.8 cm³/mol. The van der Waals surface area contributed by atoms with Gasteiger partial charge in [0.2, 0.25) is 0 Å². The highest BCUT2D eigenvalue weighted by molar-refractivity contribution is 7.43. The molecule has 1 atom stereocenters. The molecule has 0 fully saturated rings. The number of hydrogen-bond acceptors (Lipinski definition) is 7. The van der Waals surface area contributed by atoms with Gasteiger partial charge in [-0.15, -0.1) is 0 Å². The Balaban J connectivity index is 0. The lowest BCUT2D eigenvalue weighted by Crippen LogP contribution is -2.32. The van der Waals surface area contributed by atoms with Gasteiger partial charge in [0.15, 0.2) is 0 Å². The Kier molecular flexibility index (Phi) is 14.3. The molecule has 0 aromatic rings. The van der Waals surface area contributed by atoms with Crippen LogP contribution in [0.4, 0.5) is 0 Å². The predicted octanol–water partition coefficient (Wildman–Crippen LogP) is 1.22. The van der Waals surface area contributed by atoms with E-state index in [0.717, 1.165) is 0 Å². The minimum Gasteiger partial charge on any atom is -0.396 e. The van der Waals surface area contributed by atoms with Gasteiger partial charge in [0.05, 0.1) is 38.9 Å². The quantitative estimate of drug-likeness (QED) is 0.369. The van der Waals surface area contributed by atoms with E-state index in [1.807, 2.05) is 38.4 Å². The fraction of sp³-hybridized carbons (Fsp3) is 0.929. The first kappa shape index (κ1) is 23.9. The Morgan fingerprint density at radius 3 is 1.73 bits per heavy atom. The van der Waals surface area contributed by atoms with Crippen molar-refractivity contribution in [3.63, 3.8) is 0 Å². The monoisotopic (exact) mass is 338 g/mol. The molecule has 0 aromatic heterocycles. The molecule has 0 saturated heterocycles. The largest absolute Gasteiger partial charge is 0.396 e. The first-order valence-corrected chi connectivity index (χ1v) is 8.45. The second kappa shape index (κ2) is 13.1. The van der Waals surface area contributed by atoms with E-state index < -0.39 is 13.9 Å². The normalized spacial score (nSPS) is 13.0. The van der Waals surface area contributed by atoms with Gasteiger partial charge in [-0.25, -0.2) is 4.67 Å². The van der Waals surface area contributed by atoms with Crippen molar-refractivity contribution in [3.8, 4) is 6.07 Å². The van der Waals surface area contributed by atoms with Gasteiger partial charge in [0, 0.05) is 17.5 Å². The summed E-state index contributed by atoms with van der Waals surface area (Å²) in [6.45, 7) is 9.42. The van der Waals surface area contributed by atoms with E-state index in [4.69, 9.17) is 25.1 Å². The van der Waals surface area contributed by atoms with Gasteiger partial charge in [-0.3, -0.25) is 0 Å². The molecule has 0 heterocycles. The smallest absolute Gasteiger partial charge is 0.256 e. The minimum atomic E-state index is -1.55. The molecule has 0 aromatic carbocycles. The summed E-state index contributed by atoms with van der Waals surface area (Å²) in [5, 5.41) is 33.7. The van der Waals surface area contributed by atoms with Crippen LogP contribution in [0.25, 0.3) is 0 Å². The van der Waals surface area contributed by atoms with Crippen LogP contribution in [-0.2, 0) is 4.52 Å². The third-order valence-electron chi connectivity index (χ3n) is 2.82. The minimum absolute atomic E-state index is 0.181. The topological polar surface area (TPSA) is 117 Å². The molecule has 0 spiro atoms. The van der Waals surface area contributed by atoms with Gasteiger partial charge in [-0.1, -0.05) is 6.92 Å². The Bertz CT molecular complexity index is 290. The van der Waals surface area contributed by atoms with Crippen molar-refractivity contribution in [1.82, 2.24) is 4.67 Å². The number of rotatable bonds is 9. The van der Waals surface area contributed by atoms with Crippen LogP contribution in [0.5, 0.6) is 0 Å². The van der Waals surface area contributed by atoms with Crippen molar-refractivity contribution < 1.29 is 24.7 Å². The van der Waals surface area contributed by atoms with Crippen molar-refractivity contribution in [2.75, 3.05) is 26.4 Å². The molecule has 0 saturated carbocycles. The zero-order valence-corrected chi connectivity index (χ0v) is 15.1. The van der Waals surface area contributed by atoms with E-state index in [0.29, 0.717) is 13.0 Å². The number of aliphatic hydroxyl groups is 3. The van der Waals surface area contributed by atoms with Crippen LogP contribution in [0.15, 0.2) is 0 Å². The summed E-state index contributed by atoms with van der Waals surface area (Å²) in [5.41, 5.74) is -0.708. The zero-order valence-electron chi connectivity index (χ0n) is 14.2. The molecule has 0 radical (unpaired) electrons. The first-order chi connectivity index (χ1) is 10.2. The number of aliphatic hydroxyl groups excluding tert-OH is 3. The van der Waals surface area contributed by atoms with E-state index in [2.05, 4.69) is 0 Å². The second-order valence-electron chi connectivity index (χ2n) is 5.85. The van der Waals surface area contributed by atoms with Crippen LogP contribution >= 0.6 is 8.53 Å². The van der Waals surface area contributed by atoms with Gasteiger partial charge >= 0.3 is 0 Å². The summed E-state index contributed by atoms with van der Waals surface area (Å²) in [4.78, 5) is 9.74. The fourth-order valence-corrected chi connectivity index (χ4v) is 2.56. The maximum absolute atomic E-state index is 9.74. The lowest BCUT2D eigenvalue weighted by molar-refractivity contribution is 0.0200. The summed E-state index contributed by atoms with van der Waals surface area (Å²) in [7, 11) is -1.55. The van der Waals surface area contributed by atoms with Gasteiger partial charge in [-0.2, -0.15) is 5.26 Å². The van der Waals surface area contributed by atoms with Crippen LogP contribution in [0.1, 0.15) is 41.0 Å². The van der Waals surface area contributed by atoms with E-state index in [-0.39, 0.29) is 31.9 Å². The molecule has 7 nitrogen and oxygen atoms in total. The molecule has 0 amide bonds. The lowest BCUT2D eigenvalue weighted by Gasteiger charge is -2.32. The molecule has 0 aliphatic heterocycles. The average molecular weight is 338 g/mol. The average Bonchev–Trinajstić information content (AvgIpc) is 2.46. The van der Waals surface area contributed by atoms with Crippen LogP contribution in [0.3, 0.4) is 0 Å². The van der Waals surface area contributed by atoms with Gasteiger partial charge < -0.3 is 24.7 Å². The number of nitriles is 1. The van der Waals surface area contributed by atoms with Crippen molar-refractivity contribution in [2.24, 2.45) is 5.41 Å². The summed E-state index contributed by atoms with van der Waals surface area (Å²) in [5.74, 6) is 0. The van der Waals surface area contributed by atoms with Crippen molar-refractivity contribution in [2.45, 2.75) is 53.1 Å². The molecule has 132 valence electrons. The van der Waals surface area contributed by atoms with Crippen molar-refractivity contribution in [1.29, 1.82) is 5.26 Å². The molecule has 4 N–H and O–H groups in total. The Morgan fingerprint density at radius 1 is 1.09 bits per heavy atom. The highest BCUT2D eigenvalue weighted by Crippen LogP contribution is 2.40. The second-order valence-corrected chi connectivity index (χ2v) is 7.07. The van der Waals surface area contributed by atoms with E-state index in [9.17, 15) is 4.89 Å². The Morgan fingerprint density at radius 2 is 1.50 bits per heavy atom. The van der Waals surface area contributed by atoms with Gasteiger partial charge in [-0.05, 0) is 27.7 Å². The molecule has 0 aliphatic carbocycles. The SMILES string of the molecule is CC(C)N(C(C)C)P(O)OCCC#N.CC(CO)(CO)CO. The molecule has 0 bridgehead atoms. The van der Waals surface area contributed by atoms with Crippen molar-refractivity contribution in [3.05, 3.63) is 0 Å². The summed E-state index contributed by atoms with van der Waals surface area (Å²) in [6.07, 6.45) is 0.323. The van der Waals surface area contributed by atoms with Crippen molar-refractivity contribution >= 4 is 8.53 Å². The molecule has 22 heavy (non-hydrogen) atoms. The van der Waals surface area contributed by atoms with Gasteiger partial charge in [0.1, 0.15) is 0 Å². The van der Waals surface area contributed by atoms with Crippen LogP contribution in [0.2, 0.25) is 0 Å². The standard InChI is InChI=1S/C9H19N2O2P.C5H12O3/c1-8(2)11(9(3)4)14(12)13-7-5-6-10;1-5(2-6,3-7)4-8/h8-9,12H,5,7H2,1-4H3;6-8H,2-4H2,1H3. The van der Waals surface area contributed by atoms with E-state index >= 15 is 0 Å². The zero-order chi connectivity index (χ0) is 17.8. The van der Waals surface area contributed by atoms with E-state index in [1.165, 1.54) is 0 Å². The highest BCUT2D eigenvalue weighted by atomic mass is 31.2. The van der Waals surface area contributed by atoms with Gasteiger partial charge in [0.25, 0.3) is 8.53 Å². The van der Waals surface area contributed by atoms with Crippen LogP contribution in [0, 0.1) is 16.7 Å². The molecular formula is C14H31N2O5P. The molecule has 8 heteroatoms. The van der Waals surface area contributed by atoms with Crippen LogP contribution in [-0.4, -0.2) is 63.4 Å². The third-order valence-corrected chi connectivity index (χ3v) is 4.55.